The summed E-state index contributed by atoms with van der Waals surface area (Å²) in [7, 11) is -3.85. The van der Waals surface area contributed by atoms with Gasteiger partial charge in [-0.15, -0.1) is 0 Å². The van der Waals surface area contributed by atoms with Crippen molar-refractivity contribution < 1.29 is 17.9 Å². The summed E-state index contributed by atoms with van der Waals surface area (Å²) in [5.41, 5.74) is 4.71. The Labute approximate surface area is 212 Å². The molecular weight excluding hydrogens is 532 g/mol. The Kier molecular flexibility index (Phi) is 9.14. The van der Waals surface area contributed by atoms with Crippen molar-refractivity contribution in [2.75, 3.05) is 6.61 Å². The zero-order valence-corrected chi connectivity index (χ0v) is 21.2. The van der Waals surface area contributed by atoms with Gasteiger partial charge < -0.3 is 4.74 Å². The summed E-state index contributed by atoms with van der Waals surface area (Å²) >= 11 is 3.36. The van der Waals surface area contributed by atoms with Crippen LogP contribution in [0.25, 0.3) is 0 Å². The highest BCUT2D eigenvalue weighted by molar-refractivity contribution is 9.10. The van der Waals surface area contributed by atoms with Crippen LogP contribution in [0.5, 0.6) is 5.75 Å². The van der Waals surface area contributed by atoms with Crippen LogP contribution in [0, 0.1) is 18.3 Å². The van der Waals surface area contributed by atoms with Gasteiger partial charge >= 0.3 is 0 Å². The molecule has 0 unspecified atom stereocenters. The lowest BCUT2D eigenvalue weighted by Crippen LogP contribution is -2.32. The number of carbonyl (C=O) groups is 1. The van der Waals surface area contributed by atoms with E-state index in [1.54, 1.807) is 54.6 Å². The predicted octanol–water partition coefficient (Wildman–Crippen LogP) is 4.22. The van der Waals surface area contributed by atoms with Gasteiger partial charge in [-0.1, -0.05) is 48.0 Å². The molecule has 0 fully saturated rings. The molecule has 1 amide bonds. The Morgan fingerprint density at radius 1 is 1.14 bits per heavy atom. The quantitative estimate of drug-likeness (QED) is 0.287. The van der Waals surface area contributed by atoms with Gasteiger partial charge in [0.2, 0.25) is 15.9 Å². The fourth-order valence-corrected chi connectivity index (χ4v) is 4.86. The highest BCUT2D eigenvalue weighted by Crippen LogP contribution is 2.25. The van der Waals surface area contributed by atoms with Crippen LogP contribution in [0.3, 0.4) is 0 Å². The van der Waals surface area contributed by atoms with E-state index in [-0.39, 0.29) is 17.9 Å². The minimum absolute atomic E-state index is 0.0711. The Morgan fingerprint density at radius 2 is 1.86 bits per heavy atom. The van der Waals surface area contributed by atoms with E-state index in [0.29, 0.717) is 21.3 Å². The van der Waals surface area contributed by atoms with Crippen LogP contribution < -0.4 is 14.9 Å². The SMILES string of the molecule is Cc1ccc(S(=O)(=O)N[C@@H](CC(=O)N/N=C\c2ccc(OCC#N)c(Br)c2)c2ccccc2)cc1. The first kappa shape index (κ1) is 26.1. The first-order chi connectivity index (χ1) is 16.8. The second kappa shape index (κ2) is 12.3. The van der Waals surface area contributed by atoms with Gasteiger partial charge in [0.05, 0.1) is 21.6 Å². The summed E-state index contributed by atoms with van der Waals surface area (Å²) < 4.78 is 34.4. The molecule has 1 atom stereocenters. The van der Waals surface area contributed by atoms with E-state index < -0.39 is 22.0 Å². The molecule has 0 bridgehead atoms. The van der Waals surface area contributed by atoms with E-state index in [1.807, 2.05) is 19.1 Å². The van der Waals surface area contributed by atoms with Crippen LogP contribution in [-0.2, 0) is 14.8 Å². The number of rotatable bonds is 10. The van der Waals surface area contributed by atoms with Gasteiger partial charge in [0.15, 0.2) is 6.61 Å². The topological polar surface area (TPSA) is 121 Å². The Morgan fingerprint density at radius 3 is 2.51 bits per heavy atom. The standard InChI is InChI=1S/C25H23BrN4O4S/c1-18-7-10-21(11-8-18)35(32,33)30-23(20-5-3-2-4-6-20)16-25(31)29-28-17-19-9-12-24(22(26)15-19)34-14-13-27/h2-12,15,17,23,30H,14,16H2,1H3,(H,29,31)/b28-17-/t23-/m0/s1. The minimum Gasteiger partial charge on any atom is -0.478 e. The average Bonchev–Trinajstić information content (AvgIpc) is 2.84. The van der Waals surface area contributed by atoms with Gasteiger partial charge in [-0.2, -0.15) is 10.4 Å². The summed E-state index contributed by atoms with van der Waals surface area (Å²) in [5, 5.41) is 12.6. The smallest absolute Gasteiger partial charge is 0.242 e. The van der Waals surface area contributed by atoms with Crippen molar-refractivity contribution in [2.45, 2.75) is 24.3 Å². The second-order valence-electron chi connectivity index (χ2n) is 7.53. The average molecular weight is 555 g/mol. The number of nitriles is 1. The molecule has 35 heavy (non-hydrogen) atoms. The molecule has 3 aromatic rings. The van der Waals surface area contributed by atoms with E-state index in [2.05, 4.69) is 31.2 Å². The third kappa shape index (κ3) is 7.75. The molecule has 10 heteroatoms. The van der Waals surface area contributed by atoms with E-state index in [0.717, 1.165) is 5.56 Å². The maximum absolute atomic E-state index is 12.9. The normalized spacial score (nSPS) is 12.1. The summed E-state index contributed by atoms with van der Waals surface area (Å²) in [5.74, 6) is 0.0500. The third-order valence-electron chi connectivity index (χ3n) is 4.87. The van der Waals surface area contributed by atoms with Crippen LogP contribution >= 0.6 is 15.9 Å². The molecule has 0 saturated carbocycles. The predicted molar refractivity (Wildman–Crippen MR) is 136 cm³/mol. The molecule has 3 rings (SSSR count). The van der Waals surface area contributed by atoms with Crippen molar-refractivity contribution >= 4 is 38.1 Å². The molecule has 0 aromatic heterocycles. The fourth-order valence-electron chi connectivity index (χ4n) is 3.12. The number of hydrogen-bond acceptors (Lipinski definition) is 6. The number of ether oxygens (including phenoxy) is 1. The summed E-state index contributed by atoms with van der Waals surface area (Å²) in [6.07, 6.45) is 1.29. The highest BCUT2D eigenvalue weighted by Gasteiger charge is 2.23. The number of aryl methyl sites for hydroxylation is 1. The summed E-state index contributed by atoms with van der Waals surface area (Å²) in [4.78, 5) is 12.7. The minimum atomic E-state index is -3.85. The number of halogens is 1. The molecule has 0 saturated heterocycles. The first-order valence-corrected chi connectivity index (χ1v) is 12.8. The van der Waals surface area contributed by atoms with Crippen LogP contribution in [-0.4, -0.2) is 27.1 Å². The lowest BCUT2D eigenvalue weighted by atomic mass is 10.0. The molecular formula is C25H23BrN4O4S. The van der Waals surface area contributed by atoms with Gasteiger partial charge in [-0.3, -0.25) is 4.79 Å². The molecule has 3 aromatic carbocycles. The van der Waals surface area contributed by atoms with Crippen molar-refractivity contribution in [3.63, 3.8) is 0 Å². The van der Waals surface area contributed by atoms with Crippen LogP contribution in [0.1, 0.15) is 29.2 Å². The summed E-state index contributed by atoms with van der Waals surface area (Å²) in [6.45, 7) is 1.80. The molecule has 0 spiro atoms. The highest BCUT2D eigenvalue weighted by atomic mass is 79.9. The molecule has 0 radical (unpaired) electrons. The number of hydrazone groups is 1. The molecule has 0 heterocycles. The number of nitrogens with zero attached hydrogens (tertiary/aromatic N) is 2. The number of carbonyl (C=O) groups excluding carboxylic acids is 1. The zero-order chi connectivity index (χ0) is 25.3. The van der Waals surface area contributed by atoms with Crippen molar-refractivity contribution in [1.29, 1.82) is 5.26 Å². The van der Waals surface area contributed by atoms with Crippen LogP contribution in [0.15, 0.2) is 87.3 Å². The van der Waals surface area contributed by atoms with Crippen LogP contribution in [0.4, 0.5) is 0 Å². The lowest BCUT2D eigenvalue weighted by molar-refractivity contribution is -0.121. The van der Waals surface area contributed by atoms with Gasteiger partial charge in [0.1, 0.15) is 11.8 Å². The number of nitrogens with one attached hydrogen (secondary N) is 2. The molecule has 2 N–H and O–H groups in total. The maximum Gasteiger partial charge on any atom is 0.242 e. The van der Waals surface area contributed by atoms with E-state index >= 15 is 0 Å². The molecule has 8 nitrogen and oxygen atoms in total. The first-order valence-electron chi connectivity index (χ1n) is 10.5. The maximum atomic E-state index is 12.9. The van der Waals surface area contributed by atoms with Gasteiger partial charge in [-0.25, -0.2) is 18.6 Å². The largest absolute Gasteiger partial charge is 0.478 e. The van der Waals surface area contributed by atoms with Crippen molar-refractivity contribution in [1.82, 2.24) is 10.1 Å². The van der Waals surface area contributed by atoms with Gasteiger partial charge in [-0.05, 0) is 64.3 Å². The van der Waals surface area contributed by atoms with E-state index in [4.69, 9.17) is 10.00 Å². The van der Waals surface area contributed by atoms with E-state index in [1.165, 1.54) is 18.3 Å². The molecule has 180 valence electrons. The van der Waals surface area contributed by atoms with E-state index in [9.17, 15) is 13.2 Å². The number of sulfonamides is 1. The molecule has 0 aliphatic rings. The van der Waals surface area contributed by atoms with Crippen molar-refractivity contribution in [2.24, 2.45) is 5.10 Å². The zero-order valence-electron chi connectivity index (χ0n) is 18.8. The molecule has 0 aliphatic carbocycles. The summed E-state index contributed by atoms with van der Waals surface area (Å²) in [6, 6.07) is 21.6. The van der Waals surface area contributed by atoms with Crippen molar-refractivity contribution in [3.8, 4) is 11.8 Å². The monoisotopic (exact) mass is 554 g/mol. The van der Waals surface area contributed by atoms with Crippen molar-refractivity contribution in [3.05, 3.63) is 94.0 Å². The Balaban J connectivity index is 1.69. The lowest BCUT2D eigenvalue weighted by Gasteiger charge is -2.18. The molecule has 0 aliphatic heterocycles. The number of hydrogen-bond donors (Lipinski definition) is 2. The van der Waals surface area contributed by atoms with Gasteiger partial charge in [0, 0.05) is 6.42 Å². The third-order valence-corrected chi connectivity index (χ3v) is 6.98. The second-order valence-corrected chi connectivity index (χ2v) is 10.1. The Hall–Kier alpha value is -3.52. The number of benzene rings is 3. The van der Waals surface area contributed by atoms with Gasteiger partial charge in [0.25, 0.3) is 0 Å². The fraction of sp³-hybridized carbons (Fsp3) is 0.160. The number of amides is 1. The van der Waals surface area contributed by atoms with Crippen LogP contribution in [0.2, 0.25) is 0 Å². The Bertz CT molecular complexity index is 1340.